The average Bonchev–Trinajstić information content (AvgIpc) is 2.76. The van der Waals surface area contributed by atoms with Crippen molar-refractivity contribution in [3.8, 4) is 0 Å². The predicted molar refractivity (Wildman–Crippen MR) is 52.7 cm³/mol. The van der Waals surface area contributed by atoms with Crippen LogP contribution in [0, 0.1) is 0 Å². The molecule has 2 rings (SSSR count). The SMILES string of the molecule is COC(Cc1n[nH]c2c1CCC2)C(=O)O. The van der Waals surface area contributed by atoms with E-state index in [0.717, 1.165) is 30.7 Å². The van der Waals surface area contributed by atoms with Crippen molar-refractivity contribution in [1.82, 2.24) is 10.2 Å². The minimum atomic E-state index is -0.938. The Hall–Kier alpha value is -1.36. The highest BCUT2D eigenvalue weighted by Crippen LogP contribution is 2.23. The summed E-state index contributed by atoms with van der Waals surface area (Å²) in [7, 11) is 1.41. The summed E-state index contributed by atoms with van der Waals surface area (Å²) in [5.74, 6) is -0.938. The Bertz CT molecular complexity index is 373. The molecule has 1 unspecified atom stereocenters. The number of aryl methyl sites for hydroxylation is 1. The number of hydrogen-bond acceptors (Lipinski definition) is 3. The maximum absolute atomic E-state index is 10.8. The number of aromatic amines is 1. The van der Waals surface area contributed by atoms with Crippen LogP contribution in [0.1, 0.15) is 23.4 Å². The summed E-state index contributed by atoms with van der Waals surface area (Å²) < 4.78 is 4.89. The van der Waals surface area contributed by atoms with E-state index >= 15 is 0 Å². The molecule has 0 aliphatic heterocycles. The van der Waals surface area contributed by atoms with Crippen LogP contribution in [-0.2, 0) is 28.8 Å². The van der Waals surface area contributed by atoms with Crippen LogP contribution in [0.2, 0.25) is 0 Å². The van der Waals surface area contributed by atoms with Crippen LogP contribution in [0.4, 0.5) is 0 Å². The number of rotatable bonds is 4. The summed E-state index contributed by atoms with van der Waals surface area (Å²) in [5, 5.41) is 16.0. The number of carboxylic acid groups (broad SMARTS) is 1. The van der Waals surface area contributed by atoms with Crippen molar-refractivity contribution in [3.63, 3.8) is 0 Å². The lowest BCUT2D eigenvalue weighted by Crippen LogP contribution is -2.25. The summed E-state index contributed by atoms with van der Waals surface area (Å²) in [6.45, 7) is 0. The Labute approximate surface area is 87.4 Å². The van der Waals surface area contributed by atoms with E-state index in [1.807, 2.05) is 0 Å². The lowest BCUT2D eigenvalue weighted by Gasteiger charge is -2.08. The Morgan fingerprint density at radius 2 is 2.47 bits per heavy atom. The van der Waals surface area contributed by atoms with Crippen LogP contribution in [0.25, 0.3) is 0 Å². The Kier molecular flexibility index (Phi) is 2.73. The average molecular weight is 210 g/mol. The van der Waals surface area contributed by atoms with E-state index in [0.29, 0.717) is 6.42 Å². The van der Waals surface area contributed by atoms with Crippen molar-refractivity contribution in [1.29, 1.82) is 0 Å². The normalized spacial score (nSPS) is 16.3. The number of ether oxygens (including phenoxy) is 1. The molecule has 0 saturated carbocycles. The lowest BCUT2D eigenvalue weighted by atomic mass is 10.1. The van der Waals surface area contributed by atoms with Crippen molar-refractivity contribution < 1.29 is 14.6 Å². The Morgan fingerprint density at radius 1 is 1.67 bits per heavy atom. The van der Waals surface area contributed by atoms with E-state index in [4.69, 9.17) is 9.84 Å². The number of aliphatic carboxylic acids is 1. The first kappa shape index (κ1) is 10.2. The number of nitrogens with zero attached hydrogens (tertiary/aromatic N) is 1. The third kappa shape index (κ3) is 1.87. The fraction of sp³-hybridized carbons (Fsp3) is 0.600. The first-order valence-corrected chi connectivity index (χ1v) is 5.03. The number of nitrogens with one attached hydrogen (secondary N) is 1. The van der Waals surface area contributed by atoms with E-state index in [1.165, 1.54) is 12.7 Å². The molecule has 0 saturated heterocycles. The van der Waals surface area contributed by atoms with Gasteiger partial charge in [-0.15, -0.1) is 0 Å². The third-order valence-corrected chi connectivity index (χ3v) is 2.83. The second kappa shape index (κ2) is 4.02. The molecule has 0 radical (unpaired) electrons. The molecule has 0 spiro atoms. The first-order valence-electron chi connectivity index (χ1n) is 5.03. The van der Waals surface area contributed by atoms with Crippen molar-refractivity contribution in [2.45, 2.75) is 31.8 Å². The van der Waals surface area contributed by atoms with Gasteiger partial charge in [0.15, 0.2) is 6.10 Å². The molecule has 1 aliphatic rings. The van der Waals surface area contributed by atoms with Crippen LogP contribution in [0.5, 0.6) is 0 Å². The van der Waals surface area contributed by atoms with Gasteiger partial charge in [0.05, 0.1) is 5.69 Å². The maximum Gasteiger partial charge on any atom is 0.333 e. The quantitative estimate of drug-likeness (QED) is 0.760. The second-order valence-electron chi connectivity index (χ2n) is 3.75. The van der Waals surface area contributed by atoms with E-state index < -0.39 is 12.1 Å². The predicted octanol–water partition coefficient (Wildman–Crippen LogP) is 0.541. The molecule has 0 amide bonds. The highest BCUT2D eigenvalue weighted by atomic mass is 16.5. The molecule has 0 fully saturated rings. The molecule has 5 nitrogen and oxygen atoms in total. The largest absolute Gasteiger partial charge is 0.479 e. The molecule has 1 atom stereocenters. The standard InChI is InChI=1S/C10H14N2O3/c1-15-9(10(13)14)5-8-6-3-2-4-7(6)11-12-8/h9H,2-5H2,1H3,(H,11,12)(H,13,14). The third-order valence-electron chi connectivity index (χ3n) is 2.83. The second-order valence-corrected chi connectivity index (χ2v) is 3.75. The van der Waals surface area contributed by atoms with Gasteiger partial charge in [-0.2, -0.15) is 5.10 Å². The van der Waals surface area contributed by atoms with Gasteiger partial charge in [-0.3, -0.25) is 5.10 Å². The van der Waals surface area contributed by atoms with E-state index in [1.54, 1.807) is 0 Å². The maximum atomic E-state index is 10.8. The zero-order valence-corrected chi connectivity index (χ0v) is 8.62. The summed E-state index contributed by atoms with van der Waals surface area (Å²) in [5.41, 5.74) is 3.19. The molecular formula is C10H14N2O3. The Morgan fingerprint density at radius 3 is 3.13 bits per heavy atom. The molecular weight excluding hydrogens is 196 g/mol. The number of fused-ring (bicyclic) bond motifs is 1. The van der Waals surface area contributed by atoms with Crippen LogP contribution >= 0.6 is 0 Å². The van der Waals surface area contributed by atoms with Crippen LogP contribution in [-0.4, -0.2) is 34.5 Å². The number of hydrogen-bond donors (Lipinski definition) is 2. The summed E-state index contributed by atoms with van der Waals surface area (Å²) in [4.78, 5) is 10.8. The zero-order valence-electron chi connectivity index (χ0n) is 8.62. The topological polar surface area (TPSA) is 75.2 Å². The highest BCUT2D eigenvalue weighted by Gasteiger charge is 2.24. The van der Waals surface area contributed by atoms with Crippen molar-refractivity contribution in [2.75, 3.05) is 7.11 Å². The highest BCUT2D eigenvalue weighted by molar-refractivity contribution is 5.72. The van der Waals surface area contributed by atoms with E-state index in [9.17, 15) is 4.79 Å². The summed E-state index contributed by atoms with van der Waals surface area (Å²) in [6.07, 6.45) is 2.70. The van der Waals surface area contributed by atoms with Crippen LogP contribution in [0.3, 0.4) is 0 Å². The van der Waals surface area contributed by atoms with Gasteiger partial charge in [0, 0.05) is 19.2 Å². The molecule has 1 aliphatic carbocycles. The van der Waals surface area contributed by atoms with Gasteiger partial charge in [-0.05, 0) is 24.8 Å². The molecule has 0 bridgehead atoms. The molecule has 15 heavy (non-hydrogen) atoms. The zero-order chi connectivity index (χ0) is 10.8. The van der Waals surface area contributed by atoms with Crippen LogP contribution in [0.15, 0.2) is 0 Å². The first-order chi connectivity index (χ1) is 7.22. The van der Waals surface area contributed by atoms with Gasteiger partial charge in [0.1, 0.15) is 0 Å². The number of aromatic nitrogens is 2. The van der Waals surface area contributed by atoms with Gasteiger partial charge >= 0.3 is 5.97 Å². The van der Waals surface area contributed by atoms with Gasteiger partial charge in [-0.1, -0.05) is 0 Å². The van der Waals surface area contributed by atoms with Crippen LogP contribution < -0.4 is 0 Å². The van der Waals surface area contributed by atoms with Gasteiger partial charge < -0.3 is 9.84 Å². The minimum Gasteiger partial charge on any atom is -0.479 e. The number of methoxy groups -OCH3 is 1. The fourth-order valence-electron chi connectivity index (χ4n) is 2.00. The number of carbonyl (C=O) groups is 1. The monoisotopic (exact) mass is 210 g/mol. The van der Waals surface area contributed by atoms with Gasteiger partial charge in [0.2, 0.25) is 0 Å². The minimum absolute atomic E-state index is 0.345. The molecule has 82 valence electrons. The molecule has 5 heteroatoms. The fourth-order valence-corrected chi connectivity index (χ4v) is 2.00. The number of carboxylic acids is 1. The van der Waals surface area contributed by atoms with Crippen molar-refractivity contribution in [2.24, 2.45) is 0 Å². The smallest absolute Gasteiger partial charge is 0.333 e. The Balaban J connectivity index is 2.13. The van der Waals surface area contributed by atoms with Crippen molar-refractivity contribution in [3.05, 3.63) is 17.0 Å². The lowest BCUT2D eigenvalue weighted by molar-refractivity contribution is -0.148. The molecule has 1 aromatic heterocycles. The van der Waals surface area contributed by atoms with E-state index in [-0.39, 0.29) is 0 Å². The van der Waals surface area contributed by atoms with Gasteiger partial charge in [-0.25, -0.2) is 4.79 Å². The van der Waals surface area contributed by atoms with Crippen molar-refractivity contribution >= 4 is 5.97 Å². The summed E-state index contributed by atoms with van der Waals surface area (Å²) >= 11 is 0. The molecule has 0 aromatic carbocycles. The van der Waals surface area contributed by atoms with E-state index in [2.05, 4.69) is 10.2 Å². The van der Waals surface area contributed by atoms with Gasteiger partial charge in [0.25, 0.3) is 0 Å². The molecule has 2 N–H and O–H groups in total. The molecule has 1 aromatic rings. The summed E-state index contributed by atoms with van der Waals surface area (Å²) in [6, 6.07) is 0. The number of H-pyrrole nitrogens is 1. The molecule has 1 heterocycles.